The van der Waals surface area contributed by atoms with E-state index in [1.165, 1.54) is 26.4 Å². The maximum absolute atomic E-state index is 14.9. The molecule has 0 amide bonds. The van der Waals surface area contributed by atoms with Gasteiger partial charge in [0, 0.05) is 17.0 Å². The van der Waals surface area contributed by atoms with Crippen molar-refractivity contribution in [3.8, 4) is 17.2 Å². The van der Waals surface area contributed by atoms with Crippen LogP contribution in [0.25, 0.3) is 10.8 Å². The molecule has 0 radical (unpaired) electrons. The summed E-state index contributed by atoms with van der Waals surface area (Å²) in [7, 11) is 2.72. The summed E-state index contributed by atoms with van der Waals surface area (Å²) in [6.45, 7) is 1.56. The molecule has 0 unspecified atom stereocenters. The number of carboxylic acid groups (broad SMARTS) is 1. The van der Waals surface area contributed by atoms with Crippen LogP contribution in [0.15, 0.2) is 30.5 Å². The molecule has 3 aromatic rings. The maximum atomic E-state index is 14.9. The number of aromatic nitrogens is 1. The number of fused-ring (bicyclic) bond motifs is 1. The van der Waals surface area contributed by atoms with Crippen molar-refractivity contribution in [3.05, 3.63) is 58.9 Å². The van der Waals surface area contributed by atoms with Gasteiger partial charge in [-0.25, -0.2) is 22.4 Å². The minimum absolute atomic E-state index is 0.0385. The summed E-state index contributed by atoms with van der Waals surface area (Å²) in [5.74, 6) is -4.52. The summed E-state index contributed by atoms with van der Waals surface area (Å²) in [6, 6.07) is 4.71. The molecule has 0 aliphatic heterocycles. The topological polar surface area (TPSA) is 95.0 Å². The van der Waals surface area contributed by atoms with Gasteiger partial charge in [-0.05, 0) is 38.1 Å². The largest absolute Gasteiger partial charge is 0.493 e. The number of hydrogen-bond acceptors (Lipinski definition) is 6. The molecule has 182 valence electrons. The van der Waals surface area contributed by atoms with Gasteiger partial charge in [0.25, 0.3) is 0 Å². The average molecular weight is 483 g/mol. The van der Waals surface area contributed by atoms with Crippen molar-refractivity contribution in [2.45, 2.75) is 20.0 Å². The summed E-state index contributed by atoms with van der Waals surface area (Å²) < 4.78 is 64.4. The zero-order valence-electron chi connectivity index (χ0n) is 18.6. The number of aromatic carboxylic acids is 1. The van der Waals surface area contributed by atoms with Crippen molar-refractivity contribution in [1.29, 1.82) is 0 Å². The average Bonchev–Trinajstić information content (AvgIpc) is 2.79. The van der Waals surface area contributed by atoms with Crippen LogP contribution in [-0.4, -0.2) is 49.1 Å². The van der Waals surface area contributed by atoms with Gasteiger partial charge in [-0.2, -0.15) is 0 Å². The molecule has 0 spiro atoms. The van der Waals surface area contributed by atoms with Crippen molar-refractivity contribution in [2.24, 2.45) is 0 Å². The number of pyridine rings is 1. The first-order chi connectivity index (χ1) is 16.1. The lowest BCUT2D eigenvalue weighted by Gasteiger charge is -2.15. The molecule has 0 saturated carbocycles. The van der Waals surface area contributed by atoms with Gasteiger partial charge in [0.05, 0.1) is 31.5 Å². The number of carbonyl (C=O) groups excluding carboxylic acids is 1. The molecule has 0 fully saturated rings. The molecule has 0 aliphatic carbocycles. The fraction of sp³-hybridized carbons (Fsp3) is 0.261. The number of rotatable bonds is 7. The third-order valence-corrected chi connectivity index (χ3v) is 4.48. The van der Waals surface area contributed by atoms with Crippen LogP contribution in [0.2, 0.25) is 0 Å². The Morgan fingerprint density at radius 3 is 2.06 bits per heavy atom. The second-order valence-electron chi connectivity index (χ2n) is 6.91. The summed E-state index contributed by atoms with van der Waals surface area (Å²) in [5.41, 5.74) is -1.42. The van der Waals surface area contributed by atoms with E-state index >= 15 is 0 Å². The van der Waals surface area contributed by atoms with E-state index in [0.29, 0.717) is 0 Å². The molecular formula is C23H21F4NO6. The van der Waals surface area contributed by atoms with Gasteiger partial charge in [0.15, 0.2) is 23.1 Å². The Morgan fingerprint density at radius 1 is 1.00 bits per heavy atom. The predicted molar refractivity (Wildman–Crippen MR) is 114 cm³/mol. The Labute approximate surface area is 191 Å². The highest BCUT2D eigenvalue weighted by molar-refractivity contribution is 6.18. The quantitative estimate of drug-likeness (QED) is 0.368. The van der Waals surface area contributed by atoms with Gasteiger partial charge in [-0.1, -0.05) is 0 Å². The lowest BCUT2D eigenvalue weighted by molar-refractivity contribution is 0.0698. The van der Waals surface area contributed by atoms with Gasteiger partial charge in [0.2, 0.25) is 12.7 Å². The molecule has 1 N–H and O–H groups in total. The highest BCUT2D eigenvalue weighted by Gasteiger charge is 2.27. The maximum Gasteiger partial charge on any atom is 0.337 e. The molecule has 34 heavy (non-hydrogen) atoms. The normalized spacial score (nSPS) is 10.5. The zero-order valence-corrected chi connectivity index (χ0v) is 18.6. The summed E-state index contributed by atoms with van der Waals surface area (Å²) >= 11 is 0. The van der Waals surface area contributed by atoms with Crippen LogP contribution in [0.5, 0.6) is 17.2 Å². The lowest BCUT2D eigenvalue weighted by atomic mass is 9.98. The molecule has 2 aromatic carbocycles. The molecule has 1 heterocycles. The van der Waals surface area contributed by atoms with Crippen LogP contribution >= 0.6 is 0 Å². The third kappa shape index (κ3) is 5.36. The number of alkyl halides is 2. The molecule has 1 aromatic heterocycles. The van der Waals surface area contributed by atoms with Crippen molar-refractivity contribution in [3.63, 3.8) is 0 Å². The molecular weight excluding hydrogens is 462 g/mol. The van der Waals surface area contributed by atoms with E-state index < -0.39 is 42.0 Å². The summed E-state index contributed by atoms with van der Waals surface area (Å²) in [5, 5.41) is 9.63. The second-order valence-corrected chi connectivity index (χ2v) is 6.91. The highest BCUT2D eigenvalue weighted by atomic mass is 19.3. The standard InChI is InChI=1S/C22H19F2NO6.CH2F2/c1-10(2)31-15-6-5-14(23)18(19(15)24)21(26)20-12-8-17(30-4)16(29-3)7-11(12)13(9-25-20)22(27)28;2-1-3/h5-10H,1-4H3,(H,27,28);1H2. The van der Waals surface area contributed by atoms with E-state index in [2.05, 4.69) is 4.98 Å². The van der Waals surface area contributed by atoms with E-state index in [1.807, 2.05) is 0 Å². The first kappa shape index (κ1) is 26.4. The second kappa shape index (κ2) is 11.3. The number of ether oxygens (including phenoxy) is 3. The molecule has 0 atom stereocenters. The Kier molecular flexibility index (Phi) is 8.76. The predicted octanol–water partition coefficient (Wildman–Crippen LogP) is 5.13. The van der Waals surface area contributed by atoms with Crippen LogP contribution in [0.4, 0.5) is 17.6 Å². The molecule has 11 heteroatoms. The number of halogens is 4. The number of nitrogens with zero attached hydrogens (tertiary/aromatic N) is 1. The number of hydrogen-bond donors (Lipinski definition) is 1. The van der Waals surface area contributed by atoms with Gasteiger partial charge >= 0.3 is 5.97 Å². The Morgan fingerprint density at radius 2 is 1.56 bits per heavy atom. The van der Waals surface area contributed by atoms with E-state index in [-0.39, 0.29) is 39.3 Å². The van der Waals surface area contributed by atoms with E-state index in [9.17, 15) is 32.3 Å². The number of carboxylic acids is 1. The number of ketones is 1. The third-order valence-electron chi connectivity index (χ3n) is 4.48. The van der Waals surface area contributed by atoms with Crippen molar-refractivity contribution >= 4 is 22.5 Å². The first-order valence-corrected chi connectivity index (χ1v) is 9.70. The molecule has 3 rings (SSSR count). The first-order valence-electron chi connectivity index (χ1n) is 9.70. The minimum atomic E-state index is -1.75. The van der Waals surface area contributed by atoms with Gasteiger partial charge < -0.3 is 19.3 Å². The molecule has 7 nitrogen and oxygen atoms in total. The Bertz CT molecular complexity index is 1220. The minimum Gasteiger partial charge on any atom is -0.493 e. The van der Waals surface area contributed by atoms with Gasteiger partial charge in [-0.15, -0.1) is 0 Å². The van der Waals surface area contributed by atoms with Crippen molar-refractivity contribution < 1.29 is 46.5 Å². The number of methoxy groups -OCH3 is 2. The van der Waals surface area contributed by atoms with Crippen LogP contribution in [0, 0.1) is 11.6 Å². The smallest absolute Gasteiger partial charge is 0.337 e. The monoisotopic (exact) mass is 483 g/mol. The van der Waals surface area contributed by atoms with Gasteiger partial charge in [0.1, 0.15) is 11.5 Å². The van der Waals surface area contributed by atoms with Crippen molar-refractivity contribution in [2.75, 3.05) is 21.1 Å². The van der Waals surface area contributed by atoms with Crippen LogP contribution in [-0.2, 0) is 0 Å². The number of carbonyl (C=O) groups is 2. The fourth-order valence-electron chi connectivity index (χ4n) is 3.12. The molecule has 0 aliphatic rings. The van der Waals surface area contributed by atoms with Crippen molar-refractivity contribution in [1.82, 2.24) is 4.98 Å². The van der Waals surface area contributed by atoms with Gasteiger partial charge in [-0.3, -0.25) is 9.78 Å². The Balaban J connectivity index is 0.00000129. The van der Waals surface area contributed by atoms with Crippen LogP contribution < -0.4 is 14.2 Å². The zero-order chi connectivity index (χ0) is 25.6. The molecule has 0 bridgehead atoms. The fourth-order valence-corrected chi connectivity index (χ4v) is 3.12. The summed E-state index contributed by atoms with van der Waals surface area (Å²) in [6.07, 6.45) is 0.544. The van der Waals surface area contributed by atoms with E-state index in [0.717, 1.165) is 18.3 Å². The SMILES string of the molecule is COc1cc2c(C(=O)O)cnc(C(=O)c3c(F)ccc(OC(C)C)c3F)c2cc1OC.FCF. The summed E-state index contributed by atoms with van der Waals surface area (Å²) in [4.78, 5) is 28.7. The molecule has 0 saturated heterocycles. The lowest BCUT2D eigenvalue weighted by Crippen LogP contribution is -2.14. The van der Waals surface area contributed by atoms with Crippen LogP contribution in [0.1, 0.15) is 40.3 Å². The Hall–Kier alpha value is -3.89. The highest BCUT2D eigenvalue weighted by Crippen LogP contribution is 2.36. The number of benzene rings is 2. The van der Waals surface area contributed by atoms with E-state index in [1.54, 1.807) is 13.8 Å². The van der Waals surface area contributed by atoms with Crippen LogP contribution in [0.3, 0.4) is 0 Å². The van der Waals surface area contributed by atoms with E-state index in [4.69, 9.17) is 14.2 Å².